The summed E-state index contributed by atoms with van der Waals surface area (Å²) >= 11 is 0. The minimum absolute atomic E-state index is 0.0326. The van der Waals surface area contributed by atoms with Crippen LogP contribution in [0, 0.1) is 0 Å². The predicted molar refractivity (Wildman–Crippen MR) is 72.6 cm³/mol. The highest BCUT2D eigenvalue weighted by atomic mass is 16.3. The number of benzene rings is 1. The van der Waals surface area contributed by atoms with Crippen molar-refractivity contribution in [2.45, 2.75) is 13.0 Å². The minimum Gasteiger partial charge on any atom is -0.396 e. The first-order valence-electron chi connectivity index (χ1n) is 6.13. The molecule has 0 atom stereocenters. The highest BCUT2D eigenvalue weighted by Gasteiger charge is 2.05. The second kappa shape index (κ2) is 5.80. The first-order chi connectivity index (χ1) is 8.74. The van der Waals surface area contributed by atoms with Gasteiger partial charge in [0.2, 0.25) is 0 Å². The van der Waals surface area contributed by atoms with Crippen LogP contribution in [0.25, 0.3) is 10.9 Å². The van der Waals surface area contributed by atoms with Crippen LogP contribution < -0.4 is 10.9 Å². The summed E-state index contributed by atoms with van der Waals surface area (Å²) in [5.41, 5.74) is 1.74. The Balaban J connectivity index is 2.28. The fourth-order valence-corrected chi connectivity index (χ4v) is 2.04. The van der Waals surface area contributed by atoms with Crippen molar-refractivity contribution in [3.63, 3.8) is 0 Å². The second-order valence-corrected chi connectivity index (χ2v) is 4.35. The highest BCUT2D eigenvalue weighted by molar-refractivity contribution is 5.79. The molecule has 0 saturated heterocycles. The molecule has 1 aromatic heterocycles. The Bertz CT molecular complexity index is 590. The van der Waals surface area contributed by atoms with Crippen LogP contribution in [0.5, 0.6) is 0 Å². The van der Waals surface area contributed by atoms with Gasteiger partial charge in [-0.15, -0.1) is 0 Å². The molecule has 1 aromatic carbocycles. The standard InChI is InChI=1S/C14H18N2O2/c1-16-13-6-3-2-5-11(13)9-12(14(16)18)10-15-7-4-8-17/h2-3,5-6,9,15,17H,4,7-8,10H2,1H3. The Kier molecular flexibility index (Phi) is 4.12. The van der Waals surface area contributed by atoms with Crippen molar-refractivity contribution in [1.29, 1.82) is 0 Å². The number of hydrogen-bond acceptors (Lipinski definition) is 3. The number of aliphatic hydroxyl groups is 1. The third-order valence-electron chi connectivity index (χ3n) is 3.03. The fraction of sp³-hybridized carbons (Fsp3) is 0.357. The fourth-order valence-electron chi connectivity index (χ4n) is 2.04. The number of para-hydroxylation sites is 1. The van der Waals surface area contributed by atoms with Gasteiger partial charge in [-0.2, -0.15) is 0 Å². The van der Waals surface area contributed by atoms with Crippen molar-refractivity contribution in [2.24, 2.45) is 7.05 Å². The van der Waals surface area contributed by atoms with E-state index in [4.69, 9.17) is 5.11 Å². The lowest BCUT2D eigenvalue weighted by molar-refractivity contribution is 0.286. The van der Waals surface area contributed by atoms with Crippen LogP contribution in [0.15, 0.2) is 35.1 Å². The van der Waals surface area contributed by atoms with Gasteiger partial charge in [0.1, 0.15) is 0 Å². The summed E-state index contributed by atoms with van der Waals surface area (Å²) in [6.07, 6.45) is 0.702. The van der Waals surface area contributed by atoms with Crippen molar-refractivity contribution in [1.82, 2.24) is 9.88 Å². The molecule has 0 bridgehead atoms. The molecule has 0 aliphatic rings. The summed E-state index contributed by atoms with van der Waals surface area (Å²) in [6.45, 7) is 1.42. The molecule has 2 aromatic rings. The Hall–Kier alpha value is -1.65. The summed E-state index contributed by atoms with van der Waals surface area (Å²) in [5.74, 6) is 0. The van der Waals surface area contributed by atoms with Crippen LogP contribution >= 0.6 is 0 Å². The van der Waals surface area contributed by atoms with Gasteiger partial charge in [0.15, 0.2) is 0 Å². The van der Waals surface area contributed by atoms with Crippen LogP contribution in [0.2, 0.25) is 0 Å². The first kappa shape index (κ1) is 12.8. The van der Waals surface area contributed by atoms with Crippen LogP contribution in [0.4, 0.5) is 0 Å². The first-order valence-corrected chi connectivity index (χ1v) is 6.13. The molecule has 0 radical (unpaired) electrons. The molecular formula is C14H18N2O2. The molecule has 0 aliphatic carbocycles. The normalized spacial score (nSPS) is 11.0. The largest absolute Gasteiger partial charge is 0.396 e. The van der Waals surface area contributed by atoms with E-state index in [0.717, 1.165) is 16.5 Å². The Morgan fingerprint density at radius 1 is 1.33 bits per heavy atom. The van der Waals surface area contributed by atoms with E-state index in [2.05, 4.69) is 5.32 Å². The number of aromatic nitrogens is 1. The van der Waals surface area contributed by atoms with Gasteiger partial charge in [-0.3, -0.25) is 4.79 Å². The van der Waals surface area contributed by atoms with E-state index in [9.17, 15) is 4.79 Å². The molecule has 4 nitrogen and oxygen atoms in total. The maximum Gasteiger partial charge on any atom is 0.255 e. The number of fused-ring (bicyclic) bond motifs is 1. The number of rotatable bonds is 5. The smallest absolute Gasteiger partial charge is 0.255 e. The van der Waals surface area contributed by atoms with E-state index in [1.807, 2.05) is 30.3 Å². The molecule has 2 N–H and O–H groups in total. The molecule has 18 heavy (non-hydrogen) atoms. The summed E-state index contributed by atoms with van der Waals surface area (Å²) < 4.78 is 1.68. The third kappa shape index (κ3) is 2.60. The van der Waals surface area contributed by atoms with Crippen molar-refractivity contribution in [3.8, 4) is 0 Å². The van der Waals surface area contributed by atoms with Crippen molar-refractivity contribution in [2.75, 3.05) is 13.2 Å². The van der Waals surface area contributed by atoms with E-state index in [-0.39, 0.29) is 12.2 Å². The lowest BCUT2D eigenvalue weighted by atomic mass is 10.1. The molecule has 0 spiro atoms. The lowest BCUT2D eigenvalue weighted by Crippen LogP contribution is -2.26. The maximum atomic E-state index is 12.1. The molecule has 0 aliphatic heterocycles. The van der Waals surface area contributed by atoms with Crippen LogP contribution in [-0.2, 0) is 13.6 Å². The van der Waals surface area contributed by atoms with Crippen molar-refractivity contribution < 1.29 is 5.11 Å². The van der Waals surface area contributed by atoms with Crippen LogP contribution in [-0.4, -0.2) is 22.8 Å². The zero-order chi connectivity index (χ0) is 13.0. The average Bonchev–Trinajstić information content (AvgIpc) is 2.40. The molecule has 0 unspecified atom stereocenters. The monoisotopic (exact) mass is 246 g/mol. The van der Waals surface area contributed by atoms with E-state index >= 15 is 0 Å². The van der Waals surface area contributed by atoms with Gasteiger partial charge in [0.25, 0.3) is 5.56 Å². The number of nitrogens with one attached hydrogen (secondary N) is 1. The van der Waals surface area contributed by atoms with Crippen LogP contribution in [0.1, 0.15) is 12.0 Å². The maximum absolute atomic E-state index is 12.1. The zero-order valence-electron chi connectivity index (χ0n) is 10.5. The number of aryl methyl sites for hydroxylation is 1. The molecule has 0 saturated carbocycles. The third-order valence-corrected chi connectivity index (χ3v) is 3.03. The summed E-state index contributed by atoms with van der Waals surface area (Å²) in [7, 11) is 1.79. The molecule has 4 heteroatoms. The number of aliphatic hydroxyl groups excluding tert-OH is 1. The SMILES string of the molecule is Cn1c(=O)c(CNCCCO)cc2ccccc21. The second-order valence-electron chi connectivity index (χ2n) is 4.35. The molecule has 2 rings (SSSR count). The average molecular weight is 246 g/mol. The van der Waals surface area contributed by atoms with Crippen LogP contribution in [0.3, 0.4) is 0 Å². The van der Waals surface area contributed by atoms with Gasteiger partial charge in [0, 0.05) is 25.8 Å². The highest BCUT2D eigenvalue weighted by Crippen LogP contribution is 2.12. The molecule has 0 fully saturated rings. The molecular weight excluding hydrogens is 228 g/mol. The lowest BCUT2D eigenvalue weighted by Gasteiger charge is -2.09. The topological polar surface area (TPSA) is 54.3 Å². The molecule has 96 valence electrons. The van der Waals surface area contributed by atoms with Gasteiger partial charge in [-0.25, -0.2) is 0 Å². The number of hydrogen-bond donors (Lipinski definition) is 2. The zero-order valence-corrected chi connectivity index (χ0v) is 10.5. The minimum atomic E-state index is 0.0326. The van der Waals surface area contributed by atoms with E-state index in [1.165, 1.54) is 0 Å². The summed E-state index contributed by atoms with van der Waals surface area (Å²) in [4.78, 5) is 12.1. The molecule has 0 amide bonds. The summed E-state index contributed by atoms with van der Waals surface area (Å²) in [5, 5.41) is 12.9. The number of nitrogens with zero attached hydrogens (tertiary/aromatic N) is 1. The van der Waals surface area contributed by atoms with Gasteiger partial charge in [0.05, 0.1) is 5.52 Å². The Morgan fingerprint density at radius 2 is 2.11 bits per heavy atom. The van der Waals surface area contributed by atoms with Gasteiger partial charge in [-0.05, 0) is 30.5 Å². The quantitative estimate of drug-likeness (QED) is 0.774. The van der Waals surface area contributed by atoms with Crippen molar-refractivity contribution in [3.05, 3.63) is 46.2 Å². The Labute approximate surface area is 106 Å². The van der Waals surface area contributed by atoms with Gasteiger partial charge in [-0.1, -0.05) is 18.2 Å². The Morgan fingerprint density at radius 3 is 2.89 bits per heavy atom. The predicted octanol–water partition coefficient (Wildman–Crippen LogP) is 1.01. The van der Waals surface area contributed by atoms with Crippen molar-refractivity contribution >= 4 is 10.9 Å². The van der Waals surface area contributed by atoms with Gasteiger partial charge >= 0.3 is 0 Å². The van der Waals surface area contributed by atoms with E-state index in [0.29, 0.717) is 19.5 Å². The van der Waals surface area contributed by atoms with Gasteiger partial charge < -0.3 is 15.0 Å². The van der Waals surface area contributed by atoms with E-state index < -0.39 is 0 Å². The molecule has 1 heterocycles. The van der Waals surface area contributed by atoms with E-state index in [1.54, 1.807) is 11.6 Å². The number of pyridine rings is 1. The summed E-state index contributed by atoms with van der Waals surface area (Å²) in [6, 6.07) is 9.78.